The predicted molar refractivity (Wildman–Crippen MR) is 129 cm³/mol. The van der Waals surface area contributed by atoms with Crippen LogP contribution < -0.4 is 10.6 Å². The first-order valence-electron chi connectivity index (χ1n) is 11.4. The second kappa shape index (κ2) is 10.9. The van der Waals surface area contributed by atoms with Gasteiger partial charge < -0.3 is 10.6 Å². The molecule has 2 aromatic rings. The fraction of sp³-hybridized carbons (Fsp3) is 0.440. The largest absolute Gasteiger partial charge is 0.354 e. The molecular weight excluding hydrogens is 438 g/mol. The summed E-state index contributed by atoms with van der Waals surface area (Å²) in [6.07, 6.45) is 1.96. The summed E-state index contributed by atoms with van der Waals surface area (Å²) in [5, 5.41) is 5.55. The lowest BCUT2D eigenvalue weighted by Gasteiger charge is -2.30. The van der Waals surface area contributed by atoms with Crippen LogP contribution in [-0.2, 0) is 21.2 Å². The van der Waals surface area contributed by atoms with Crippen molar-refractivity contribution in [3.8, 4) is 0 Å². The fourth-order valence-corrected chi connectivity index (χ4v) is 5.71. The number of nitrogens with zero attached hydrogens (tertiary/aromatic N) is 1. The second-order valence-electron chi connectivity index (χ2n) is 8.77. The van der Waals surface area contributed by atoms with Gasteiger partial charge in [-0.3, -0.25) is 9.59 Å². The van der Waals surface area contributed by atoms with E-state index < -0.39 is 10.0 Å². The highest BCUT2D eigenvalue weighted by molar-refractivity contribution is 7.89. The fourth-order valence-electron chi connectivity index (χ4n) is 3.91. The van der Waals surface area contributed by atoms with Crippen LogP contribution in [0.5, 0.6) is 0 Å². The number of hydrogen-bond acceptors (Lipinski definition) is 4. The maximum absolute atomic E-state index is 13.3. The number of hydrogen-bond donors (Lipinski definition) is 2. The molecule has 0 aliphatic carbocycles. The lowest BCUT2D eigenvalue weighted by atomic mass is 10.0. The van der Waals surface area contributed by atoms with Gasteiger partial charge in [-0.05, 0) is 61.4 Å². The van der Waals surface area contributed by atoms with Crippen LogP contribution in [0.25, 0.3) is 0 Å². The average Bonchev–Trinajstić information content (AvgIpc) is 2.79. The first-order chi connectivity index (χ1) is 15.7. The summed E-state index contributed by atoms with van der Waals surface area (Å²) in [5.41, 5.74) is 2.64. The molecule has 0 radical (unpaired) electrons. The van der Waals surface area contributed by atoms with E-state index in [0.717, 1.165) is 24.0 Å². The van der Waals surface area contributed by atoms with E-state index in [1.54, 1.807) is 13.0 Å². The van der Waals surface area contributed by atoms with Gasteiger partial charge in [-0.2, -0.15) is 4.31 Å². The topological polar surface area (TPSA) is 95.6 Å². The first-order valence-corrected chi connectivity index (χ1v) is 12.8. The number of piperidine rings is 1. The minimum atomic E-state index is -3.66. The maximum Gasteiger partial charge on any atom is 0.251 e. The smallest absolute Gasteiger partial charge is 0.251 e. The van der Waals surface area contributed by atoms with Crippen LogP contribution in [0, 0.1) is 19.8 Å². The minimum absolute atomic E-state index is 0.120. The minimum Gasteiger partial charge on any atom is -0.354 e. The van der Waals surface area contributed by atoms with Crippen molar-refractivity contribution < 1.29 is 18.0 Å². The molecule has 1 aliphatic rings. The van der Waals surface area contributed by atoms with Crippen LogP contribution in [0.3, 0.4) is 0 Å². The van der Waals surface area contributed by atoms with Crippen molar-refractivity contribution in [2.75, 3.05) is 26.2 Å². The number of nitrogens with one attached hydrogen (secondary N) is 2. The van der Waals surface area contributed by atoms with Crippen molar-refractivity contribution in [1.29, 1.82) is 0 Å². The van der Waals surface area contributed by atoms with Crippen LogP contribution in [0.1, 0.15) is 46.8 Å². The molecule has 1 saturated heterocycles. The number of aryl methyl sites for hydroxylation is 1. The van der Waals surface area contributed by atoms with Crippen LogP contribution in [0.4, 0.5) is 0 Å². The van der Waals surface area contributed by atoms with E-state index in [0.29, 0.717) is 36.7 Å². The molecule has 0 unspecified atom stereocenters. The summed E-state index contributed by atoms with van der Waals surface area (Å²) in [6, 6.07) is 12.6. The molecule has 2 aromatic carbocycles. The van der Waals surface area contributed by atoms with Crippen LogP contribution in [-0.4, -0.2) is 50.7 Å². The summed E-state index contributed by atoms with van der Waals surface area (Å²) in [7, 11) is -3.66. The summed E-state index contributed by atoms with van der Waals surface area (Å²) in [5.74, 6) is 0.0366. The lowest BCUT2D eigenvalue weighted by Crippen LogP contribution is -2.38. The van der Waals surface area contributed by atoms with Crippen molar-refractivity contribution in [2.24, 2.45) is 5.92 Å². The number of sulfonamides is 1. The molecule has 2 N–H and O–H groups in total. The zero-order chi connectivity index (χ0) is 24.0. The van der Waals surface area contributed by atoms with Gasteiger partial charge in [0.1, 0.15) is 0 Å². The van der Waals surface area contributed by atoms with Crippen molar-refractivity contribution in [1.82, 2.24) is 14.9 Å². The van der Waals surface area contributed by atoms with E-state index in [1.165, 1.54) is 10.4 Å². The maximum atomic E-state index is 13.3. The van der Waals surface area contributed by atoms with Crippen molar-refractivity contribution >= 4 is 21.8 Å². The first kappa shape index (κ1) is 24.9. The summed E-state index contributed by atoms with van der Waals surface area (Å²) in [4.78, 5) is 24.9. The molecule has 2 amide bonds. The average molecular weight is 472 g/mol. The van der Waals surface area contributed by atoms with Crippen molar-refractivity contribution in [3.63, 3.8) is 0 Å². The summed E-state index contributed by atoms with van der Waals surface area (Å²) < 4.78 is 28.1. The Bertz CT molecular complexity index is 1090. The van der Waals surface area contributed by atoms with Crippen LogP contribution in [0.2, 0.25) is 0 Å². The van der Waals surface area contributed by atoms with Gasteiger partial charge >= 0.3 is 0 Å². The SMILES string of the molecule is Cc1cc(C(=O)NCCNC(=O)Cc2ccccc2)cc(S(=O)(=O)N2CCC(C)CC2)c1C. The van der Waals surface area contributed by atoms with Gasteiger partial charge in [0.25, 0.3) is 5.91 Å². The highest BCUT2D eigenvalue weighted by atomic mass is 32.2. The third-order valence-electron chi connectivity index (χ3n) is 6.18. The summed E-state index contributed by atoms with van der Waals surface area (Å²) >= 11 is 0. The number of carbonyl (C=O) groups excluding carboxylic acids is 2. The van der Waals surface area contributed by atoms with Crippen molar-refractivity contribution in [2.45, 2.75) is 44.9 Å². The Morgan fingerprint density at radius 2 is 1.64 bits per heavy atom. The third kappa shape index (κ3) is 6.42. The van der Waals surface area contributed by atoms with E-state index in [1.807, 2.05) is 37.3 Å². The molecule has 0 atom stereocenters. The van der Waals surface area contributed by atoms with E-state index in [9.17, 15) is 18.0 Å². The monoisotopic (exact) mass is 471 g/mol. The predicted octanol–water partition coefficient (Wildman–Crippen LogP) is 2.81. The molecule has 1 aliphatic heterocycles. The molecule has 178 valence electrons. The van der Waals surface area contributed by atoms with Gasteiger partial charge in [0.05, 0.1) is 11.3 Å². The Kier molecular flexibility index (Phi) is 8.26. The second-order valence-corrected chi connectivity index (χ2v) is 10.7. The van der Waals surface area contributed by atoms with Gasteiger partial charge in [-0.1, -0.05) is 37.3 Å². The molecule has 0 saturated carbocycles. The molecule has 0 spiro atoms. The number of benzene rings is 2. The van der Waals surface area contributed by atoms with Crippen molar-refractivity contribution in [3.05, 3.63) is 64.7 Å². The molecule has 0 bridgehead atoms. The Morgan fingerprint density at radius 1 is 1.00 bits per heavy atom. The van der Waals surface area contributed by atoms with E-state index in [2.05, 4.69) is 17.6 Å². The summed E-state index contributed by atoms with van der Waals surface area (Å²) in [6.45, 7) is 7.26. The third-order valence-corrected chi connectivity index (χ3v) is 8.21. The number of amides is 2. The van der Waals surface area contributed by atoms with Gasteiger partial charge in [-0.15, -0.1) is 0 Å². The zero-order valence-electron chi connectivity index (χ0n) is 19.6. The Morgan fingerprint density at radius 3 is 2.30 bits per heavy atom. The zero-order valence-corrected chi connectivity index (χ0v) is 20.4. The molecule has 3 rings (SSSR count). The van der Waals surface area contributed by atoms with Crippen LogP contribution in [0.15, 0.2) is 47.4 Å². The molecule has 0 aromatic heterocycles. The van der Waals surface area contributed by atoms with Gasteiger partial charge in [0.2, 0.25) is 15.9 Å². The molecular formula is C25H33N3O4S. The Balaban J connectivity index is 1.60. The highest BCUT2D eigenvalue weighted by Gasteiger charge is 2.30. The Hall–Kier alpha value is -2.71. The highest BCUT2D eigenvalue weighted by Crippen LogP contribution is 2.28. The number of carbonyl (C=O) groups is 2. The van der Waals surface area contributed by atoms with Gasteiger partial charge in [-0.25, -0.2) is 8.42 Å². The molecule has 1 heterocycles. The normalized spacial score (nSPS) is 15.2. The molecule has 7 nitrogen and oxygen atoms in total. The van der Waals surface area contributed by atoms with E-state index in [-0.39, 0.29) is 29.7 Å². The number of rotatable bonds is 8. The Labute approximate surface area is 196 Å². The van der Waals surface area contributed by atoms with E-state index in [4.69, 9.17) is 0 Å². The standard InChI is InChI=1S/C25H33N3O4S/c1-18-9-13-28(14-10-18)33(31,32)23-17-22(15-19(2)20(23)3)25(30)27-12-11-26-24(29)16-21-7-5-4-6-8-21/h4-8,15,17-18H,9-14,16H2,1-3H3,(H,26,29)(H,27,30). The van der Waals surface area contributed by atoms with Crippen LogP contribution >= 0.6 is 0 Å². The van der Waals surface area contributed by atoms with Gasteiger partial charge in [0.15, 0.2) is 0 Å². The quantitative estimate of drug-likeness (QED) is 0.579. The van der Waals surface area contributed by atoms with E-state index >= 15 is 0 Å². The van der Waals surface area contributed by atoms with Gasteiger partial charge in [0, 0.05) is 31.7 Å². The lowest BCUT2D eigenvalue weighted by molar-refractivity contribution is -0.120. The molecule has 1 fully saturated rings. The molecule has 8 heteroatoms. The molecule has 33 heavy (non-hydrogen) atoms.